The number of likely N-dealkylation sites (tertiary alicyclic amines) is 1. The third-order valence-electron chi connectivity index (χ3n) is 5.00. The van der Waals surface area contributed by atoms with Crippen LogP contribution in [0, 0.1) is 18.7 Å². The lowest BCUT2D eigenvalue weighted by Gasteiger charge is -2.33. The van der Waals surface area contributed by atoms with Crippen molar-refractivity contribution >= 4 is 5.91 Å². The number of benzene rings is 1. The van der Waals surface area contributed by atoms with Gasteiger partial charge in [0.25, 0.3) is 5.91 Å². The number of carbonyl (C=O) groups is 1. The van der Waals surface area contributed by atoms with Crippen molar-refractivity contribution in [3.63, 3.8) is 0 Å². The highest BCUT2D eigenvalue weighted by atomic mass is 19.1. The molecule has 1 aliphatic heterocycles. The molecule has 1 aliphatic carbocycles. The van der Waals surface area contributed by atoms with E-state index in [-0.39, 0.29) is 17.8 Å². The van der Waals surface area contributed by atoms with Crippen LogP contribution < -0.4 is 0 Å². The predicted octanol–water partition coefficient (Wildman–Crippen LogP) is 3.93. The maximum Gasteiger partial charge on any atom is 0.254 e. The second kappa shape index (κ2) is 5.19. The average molecular weight is 275 g/mol. The summed E-state index contributed by atoms with van der Waals surface area (Å²) in [5, 5.41) is 0. The summed E-state index contributed by atoms with van der Waals surface area (Å²) >= 11 is 0. The summed E-state index contributed by atoms with van der Waals surface area (Å²) < 4.78 is 13.7. The second-order valence-electron chi connectivity index (χ2n) is 6.37. The van der Waals surface area contributed by atoms with Crippen molar-refractivity contribution in [2.45, 2.75) is 58.0 Å². The Morgan fingerprint density at radius 1 is 1.30 bits per heavy atom. The van der Waals surface area contributed by atoms with Crippen LogP contribution in [-0.2, 0) is 0 Å². The summed E-state index contributed by atoms with van der Waals surface area (Å²) in [4.78, 5) is 14.8. The molecule has 1 saturated heterocycles. The fourth-order valence-corrected chi connectivity index (χ4v) is 3.93. The standard InChI is InChI=1S/C17H22FNO/c1-11-7-8-14(10-15(11)18)17(20)19-12(2)9-13-5-3-4-6-16(13)19/h7-8,10,12-13,16H,3-6,9H2,1-2H3. The van der Waals surface area contributed by atoms with E-state index in [0.717, 1.165) is 12.8 Å². The molecule has 0 radical (unpaired) electrons. The summed E-state index contributed by atoms with van der Waals surface area (Å²) in [6.07, 6.45) is 5.94. The molecular weight excluding hydrogens is 253 g/mol. The van der Waals surface area contributed by atoms with Crippen LogP contribution in [0.4, 0.5) is 4.39 Å². The Morgan fingerprint density at radius 2 is 2.05 bits per heavy atom. The minimum atomic E-state index is -0.289. The Bertz CT molecular complexity index is 528. The number of nitrogens with zero attached hydrogens (tertiary/aromatic N) is 1. The van der Waals surface area contributed by atoms with E-state index in [9.17, 15) is 9.18 Å². The minimum absolute atomic E-state index is 0.00537. The Balaban J connectivity index is 1.87. The smallest absolute Gasteiger partial charge is 0.254 e. The number of hydrogen-bond acceptors (Lipinski definition) is 1. The average Bonchev–Trinajstić information content (AvgIpc) is 2.77. The molecule has 3 unspecified atom stereocenters. The van der Waals surface area contributed by atoms with Gasteiger partial charge in [0, 0.05) is 17.6 Å². The van der Waals surface area contributed by atoms with Gasteiger partial charge in [-0.15, -0.1) is 0 Å². The van der Waals surface area contributed by atoms with E-state index in [1.807, 2.05) is 4.90 Å². The Morgan fingerprint density at radius 3 is 2.80 bits per heavy atom. The van der Waals surface area contributed by atoms with Gasteiger partial charge in [-0.25, -0.2) is 4.39 Å². The number of rotatable bonds is 1. The number of halogens is 1. The van der Waals surface area contributed by atoms with Gasteiger partial charge in [0.2, 0.25) is 0 Å². The van der Waals surface area contributed by atoms with Crippen LogP contribution in [0.15, 0.2) is 18.2 Å². The van der Waals surface area contributed by atoms with Crippen molar-refractivity contribution in [2.24, 2.45) is 5.92 Å². The molecule has 0 bridgehead atoms. The fraction of sp³-hybridized carbons (Fsp3) is 0.588. The highest BCUT2D eigenvalue weighted by Gasteiger charge is 2.42. The van der Waals surface area contributed by atoms with E-state index in [4.69, 9.17) is 0 Å². The first kappa shape index (κ1) is 13.6. The Kier molecular flexibility index (Phi) is 3.53. The van der Waals surface area contributed by atoms with Gasteiger partial charge in [-0.2, -0.15) is 0 Å². The van der Waals surface area contributed by atoms with E-state index in [1.165, 1.54) is 25.3 Å². The summed E-state index contributed by atoms with van der Waals surface area (Å²) in [5.74, 6) is 0.367. The molecule has 0 aromatic heterocycles. The molecule has 1 saturated carbocycles. The van der Waals surface area contributed by atoms with Crippen molar-refractivity contribution in [1.29, 1.82) is 0 Å². The molecule has 0 spiro atoms. The van der Waals surface area contributed by atoms with Gasteiger partial charge in [0.05, 0.1) is 0 Å². The number of amides is 1. The van der Waals surface area contributed by atoms with Crippen molar-refractivity contribution in [3.05, 3.63) is 35.1 Å². The van der Waals surface area contributed by atoms with Crippen LogP contribution in [0.2, 0.25) is 0 Å². The second-order valence-corrected chi connectivity index (χ2v) is 6.37. The first-order chi connectivity index (χ1) is 9.58. The fourth-order valence-electron chi connectivity index (χ4n) is 3.93. The topological polar surface area (TPSA) is 20.3 Å². The van der Waals surface area contributed by atoms with Crippen LogP contribution in [0.3, 0.4) is 0 Å². The predicted molar refractivity (Wildman–Crippen MR) is 77.1 cm³/mol. The van der Waals surface area contributed by atoms with E-state index in [2.05, 4.69) is 6.92 Å². The van der Waals surface area contributed by atoms with Gasteiger partial charge in [-0.05, 0) is 56.7 Å². The summed E-state index contributed by atoms with van der Waals surface area (Å²) in [6.45, 7) is 3.85. The molecule has 2 aliphatic rings. The zero-order valence-electron chi connectivity index (χ0n) is 12.2. The number of aryl methyl sites for hydroxylation is 1. The molecule has 2 fully saturated rings. The quantitative estimate of drug-likeness (QED) is 0.760. The monoisotopic (exact) mass is 275 g/mol. The van der Waals surface area contributed by atoms with Gasteiger partial charge >= 0.3 is 0 Å². The van der Waals surface area contributed by atoms with Crippen molar-refractivity contribution < 1.29 is 9.18 Å². The SMILES string of the molecule is Cc1ccc(C(=O)N2C(C)CC3CCCCC32)cc1F. The molecule has 2 nitrogen and oxygen atoms in total. The molecule has 1 heterocycles. The van der Waals surface area contributed by atoms with Crippen LogP contribution >= 0.6 is 0 Å². The van der Waals surface area contributed by atoms with Gasteiger partial charge in [0.1, 0.15) is 5.82 Å². The van der Waals surface area contributed by atoms with Gasteiger partial charge in [-0.3, -0.25) is 4.79 Å². The molecule has 3 heteroatoms. The molecule has 1 aromatic rings. The highest BCUT2D eigenvalue weighted by molar-refractivity contribution is 5.95. The summed E-state index contributed by atoms with van der Waals surface area (Å²) in [5.41, 5.74) is 1.08. The van der Waals surface area contributed by atoms with Gasteiger partial charge in [-0.1, -0.05) is 18.9 Å². The molecule has 3 atom stereocenters. The van der Waals surface area contributed by atoms with Crippen LogP contribution in [-0.4, -0.2) is 22.9 Å². The maximum atomic E-state index is 13.7. The third-order valence-corrected chi connectivity index (χ3v) is 5.00. The Hall–Kier alpha value is -1.38. The van der Waals surface area contributed by atoms with E-state index in [1.54, 1.807) is 19.1 Å². The molecule has 20 heavy (non-hydrogen) atoms. The van der Waals surface area contributed by atoms with Crippen LogP contribution in [0.1, 0.15) is 54.9 Å². The van der Waals surface area contributed by atoms with E-state index >= 15 is 0 Å². The molecule has 3 rings (SSSR count). The minimum Gasteiger partial charge on any atom is -0.333 e. The third kappa shape index (κ3) is 2.23. The Labute approximate surface area is 120 Å². The van der Waals surface area contributed by atoms with Gasteiger partial charge in [0.15, 0.2) is 0 Å². The molecule has 1 aromatic carbocycles. The lowest BCUT2D eigenvalue weighted by atomic mass is 9.85. The maximum absolute atomic E-state index is 13.7. The van der Waals surface area contributed by atoms with Crippen LogP contribution in [0.5, 0.6) is 0 Å². The first-order valence-electron chi connectivity index (χ1n) is 7.66. The number of hydrogen-bond donors (Lipinski definition) is 0. The highest BCUT2D eigenvalue weighted by Crippen LogP contribution is 2.40. The van der Waals surface area contributed by atoms with Crippen molar-refractivity contribution in [1.82, 2.24) is 4.90 Å². The van der Waals surface area contributed by atoms with Crippen molar-refractivity contribution in [2.75, 3.05) is 0 Å². The largest absolute Gasteiger partial charge is 0.333 e. The number of fused-ring (bicyclic) bond motifs is 1. The van der Waals surface area contributed by atoms with Gasteiger partial charge < -0.3 is 4.90 Å². The lowest BCUT2D eigenvalue weighted by Crippen LogP contribution is -2.42. The summed E-state index contributed by atoms with van der Waals surface area (Å²) in [6, 6.07) is 5.49. The van der Waals surface area contributed by atoms with E-state index < -0.39 is 0 Å². The molecular formula is C17H22FNO. The van der Waals surface area contributed by atoms with E-state index in [0.29, 0.717) is 23.1 Å². The summed E-state index contributed by atoms with van der Waals surface area (Å²) in [7, 11) is 0. The lowest BCUT2D eigenvalue weighted by molar-refractivity contribution is 0.0633. The zero-order chi connectivity index (χ0) is 14.3. The van der Waals surface area contributed by atoms with Crippen LogP contribution in [0.25, 0.3) is 0 Å². The molecule has 0 N–H and O–H groups in total. The molecule has 1 amide bonds. The molecule has 108 valence electrons. The number of carbonyl (C=O) groups excluding carboxylic acids is 1. The normalized spacial score (nSPS) is 29.4. The first-order valence-corrected chi connectivity index (χ1v) is 7.66. The zero-order valence-corrected chi connectivity index (χ0v) is 12.2. The van der Waals surface area contributed by atoms with Crippen molar-refractivity contribution in [3.8, 4) is 0 Å².